The third-order valence-electron chi connectivity index (χ3n) is 1.55. The minimum absolute atomic E-state index is 0.608. The summed E-state index contributed by atoms with van der Waals surface area (Å²) in [4.78, 5) is 5.33. The van der Waals surface area contributed by atoms with Crippen LogP contribution in [0.5, 0.6) is 0 Å². The molecule has 2 aromatic rings. The first-order chi connectivity index (χ1) is 6.74. The molecule has 0 unspecified atom stereocenters. The van der Waals surface area contributed by atoms with Crippen LogP contribution in [0.2, 0.25) is 0 Å². The van der Waals surface area contributed by atoms with Gasteiger partial charge in [-0.1, -0.05) is 0 Å². The van der Waals surface area contributed by atoms with Crippen molar-refractivity contribution in [3.63, 3.8) is 0 Å². The summed E-state index contributed by atoms with van der Waals surface area (Å²) in [5.74, 6) is 0. The van der Waals surface area contributed by atoms with E-state index in [0.717, 1.165) is 9.48 Å². The first kappa shape index (κ1) is 9.89. The molecule has 2 N–H and O–H groups in total. The van der Waals surface area contributed by atoms with E-state index >= 15 is 0 Å². The summed E-state index contributed by atoms with van der Waals surface area (Å²) in [5.41, 5.74) is 6.43. The zero-order chi connectivity index (χ0) is 9.97. The maximum Gasteiger partial charge on any atom is 0.180 e. The number of rotatable bonds is 2. The van der Waals surface area contributed by atoms with Crippen LogP contribution in [0.3, 0.4) is 0 Å². The van der Waals surface area contributed by atoms with E-state index in [4.69, 9.17) is 5.73 Å². The molecule has 2 aromatic heterocycles. The first-order valence-corrected chi connectivity index (χ1v) is 6.37. The molecule has 0 radical (unpaired) electrons. The maximum atomic E-state index is 5.52. The van der Waals surface area contributed by atoms with Crippen molar-refractivity contribution in [1.82, 2.24) is 4.98 Å². The second-order valence-electron chi connectivity index (χ2n) is 2.59. The second-order valence-corrected chi connectivity index (χ2v) is 5.97. The zero-order valence-corrected chi connectivity index (χ0v) is 10.3. The molecule has 0 saturated heterocycles. The summed E-state index contributed by atoms with van der Waals surface area (Å²) in [6.07, 6.45) is 4.00. The molecule has 2 heterocycles. The van der Waals surface area contributed by atoms with Crippen LogP contribution < -0.4 is 5.73 Å². The van der Waals surface area contributed by atoms with Crippen LogP contribution >= 0.6 is 38.6 Å². The summed E-state index contributed by atoms with van der Waals surface area (Å²) in [5, 5.41) is 2.55. The van der Waals surface area contributed by atoms with Gasteiger partial charge in [-0.15, -0.1) is 22.7 Å². The normalized spacial score (nSPS) is 11.2. The number of thiazole rings is 1. The van der Waals surface area contributed by atoms with Gasteiger partial charge in [-0.3, -0.25) is 0 Å². The van der Waals surface area contributed by atoms with E-state index in [9.17, 15) is 0 Å². The predicted octanol–water partition coefficient (Wildman–Crippen LogP) is 3.72. The Balaban J connectivity index is 2.14. The quantitative estimate of drug-likeness (QED) is 0.914. The second kappa shape index (κ2) is 4.25. The van der Waals surface area contributed by atoms with Gasteiger partial charge in [0.2, 0.25) is 0 Å². The Bertz CT molecular complexity index is 417. The van der Waals surface area contributed by atoms with Crippen LogP contribution in [-0.4, -0.2) is 4.98 Å². The molecular formula is C9H7BrN2S2. The minimum atomic E-state index is 0.608. The van der Waals surface area contributed by atoms with Crippen LogP contribution in [0.4, 0.5) is 5.13 Å². The summed E-state index contributed by atoms with van der Waals surface area (Å²) < 4.78 is 1.13. The molecule has 0 aliphatic heterocycles. The number of halogens is 1. The number of aromatic nitrogens is 1. The summed E-state index contributed by atoms with van der Waals surface area (Å²) in [6.45, 7) is 0. The van der Waals surface area contributed by atoms with Crippen LogP contribution in [0.1, 0.15) is 10.6 Å². The van der Waals surface area contributed by atoms with Gasteiger partial charge in [-0.05, 0) is 40.2 Å². The lowest BCUT2D eigenvalue weighted by molar-refractivity contribution is 1.39. The fourth-order valence-electron chi connectivity index (χ4n) is 0.963. The first-order valence-electron chi connectivity index (χ1n) is 3.88. The van der Waals surface area contributed by atoms with E-state index in [2.05, 4.69) is 27.0 Å². The number of thiophene rings is 1. The molecule has 14 heavy (non-hydrogen) atoms. The average Bonchev–Trinajstić information content (AvgIpc) is 2.72. The Morgan fingerprint density at radius 1 is 1.36 bits per heavy atom. The van der Waals surface area contributed by atoms with Crippen molar-refractivity contribution >= 4 is 55.9 Å². The SMILES string of the molecule is Nc1nc(C=Cc2ccc(Br)s2)cs1. The van der Waals surface area contributed by atoms with Gasteiger partial charge < -0.3 is 5.73 Å². The molecule has 2 rings (SSSR count). The lowest BCUT2D eigenvalue weighted by atomic mass is 10.4. The van der Waals surface area contributed by atoms with Gasteiger partial charge >= 0.3 is 0 Å². The topological polar surface area (TPSA) is 38.9 Å². The molecule has 0 bridgehead atoms. The smallest absolute Gasteiger partial charge is 0.180 e. The third-order valence-corrected chi connectivity index (χ3v) is 3.83. The van der Waals surface area contributed by atoms with E-state index in [-0.39, 0.29) is 0 Å². The predicted molar refractivity (Wildman–Crippen MR) is 67.5 cm³/mol. The molecule has 5 heteroatoms. The van der Waals surface area contributed by atoms with Crippen LogP contribution in [0.25, 0.3) is 12.2 Å². The number of nitrogens with zero attached hydrogens (tertiary/aromatic N) is 1. The Kier molecular flexibility index (Phi) is 3.00. The van der Waals surface area contributed by atoms with Gasteiger partial charge in [0, 0.05) is 10.3 Å². The van der Waals surface area contributed by atoms with Gasteiger partial charge in [0.1, 0.15) is 0 Å². The average molecular weight is 287 g/mol. The van der Waals surface area contributed by atoms with Gasteiger partial charge in [0.15, 0.2) is 5.13 Å². The minimum Gasteiger partial charge on any atom is -0.375 e. The fraction of sp³-hybridized carbons (Fsp3) is 0. The number of nitrogens with two attached hydrogens (primary N) is 1. The van der Waals surface area contributed by atoms with Crippen molar-refractivity contribution in [3.8, 4) is 0 Å². The van der Waals surface area contributed by atoms with Crippen molar-refractivity contribution in [2.24, 2.45) is 0 Å². The Hall–Kier alpha value is -0.650. The molecule has 0 saturated carbocycles. The number of anilines is 1. The monoisotopic (exact) mass is 286 g/mol. The van der Waals surface area contributed by atoms with Crippen LogP contribution in [-0.2, 0) is 0 Å². The highest BCUT2D eigenvalue weighted by Crippen LogP contribution is 2.24. The molecule has 0 aromatic carbocycles. The molecule has 0 amide bonds. The highest BCUT2D eigenvalue weighted by atomic mass is 79.9. The standard InChI is InChI=1S/C9H7BrN2S2/c10-8-4-3-7(14-8)2-1-6-5-13-9(11)12-6/h1-5H,(H2,11,12). The van der Waals surface area contributed by atoms with Crippen molar-refractivity contribution in [2.75, 3.05) is 5.73 Å². The molecule has 2 nitrogen and oxygen atoms in total. The molecule has 0 atom stereocenters. The fourth-order valence-corrected chi connectivity index (χ4v) is 2.82. The Morgan fingerprint density at radius 2 is 2.21 bits per heavy atom. The van der Waals surface area contributed by atoms with Gasteiger partial charge in [-0.2, -0.15) is 0 Å². The molecular weight excluding hydrogens is 280 g/mol. The molecule has 0 aliphatic carbocycles. The van der Waals surface area contributed by atoms with Crippen molar-refractivity contribution < 1.29 is 0 Å². The van der Waals surface area contributed by atoms with Crippen molar-refractivity contribution in [2.45, 2.75) is 0 Å². The van der Waals surface area contributed by atoms with Gasteiger partial charge in [0.25, 0.3) is 0 Å². The lowest BCUT2D eigenvalue weighted by Crippen LogP contribution is -1.80. The van der Waals surface area contributed by atoms with E-state index in [1.165, 1.54) is 16.2 Å². The lowest BCUT2D eigenvalue weighted by Gasteiger charge is -1.82. The highest BCUT2D eigenvalue weighted by Gasteiger charge is 1.95. The molecule has 0 spiro atoms. The van der Waals surface area contributed by atoms with Crippen LogP contribution in [0.15, 0.2) is 21.3 Å². The van der Waals surface area contributed by atoms with Crippen LogP contribution in [0, 0.1) is 0 Å². The summed E-state index contributed by atoms with van der Waals surface area (Å²) in [7, 11) is 0. The van der Waals surface area contributed by atoms with E-state index < -0.39 is 0 Å². The van der Waals surface area contributed by atoms with Gasteiger partial charge in [0.05, 0.1) is 9.48 Å². The number of hydrogen-bond acceptors (Lipinski definition) is 4. The number of hydrogen-bond donors (Lipinski definition) is 1. The maximum absolute atomic E-state index is 5.52. The van der Waals surface area contributed by atoms with E-state index in [0.29, 0.717) is 5.13 Å². The molecule has 72 valence electrons. The summed E-state index contributed by atoms with van der Waals surface area (Å²) >= 11 is 6.56. The van der Waals surface area contributed by atoms with E-state index in [1.807, 2.05) is 23.6 Å². The largest absolute Gasteiger partial charge is 0.375 e. The van der Waals surface area contributed by atoms with E-state index in [1.54, 1.807) is 11.3 Å². The Morgan fingerprint density at radius 3 is 2.79 bits per heavy atom. The Labute approximate surface area is 98.2 Å². The molecule has 0 aliphatic rings. The van der Waals surface area contributed by atoms with Crippen molar-refractivity contribution in [3.05, 3.63) is 31.9 Å². The highest BCUT2D eigenvalue weighted by molar-refractivity contribution is 9.11. The number of nitrogen functional groups attached to an aromatic ring is 1. The zero-order valence-electron chi connectivity index (χ0n) is 7.11. The molecule has 0 fully saturated rings. The van der Waals surface area contributed by atoms with Crippen molar-refractivity contribution in [1.29, 1.82) is 0 Å². The summed E-state index contributed by atoms with van der Waals surface area (Å²) in [6, 6.07) is 4.08. The third kappa shape index (κ3) is 2.43. The van der Waals surface area contributed by atoms with Gasteiger partial charge in [-0.25, -0.2) is 4.98 Å².